The molecule has 0 aliphatic carbocycles. The second-order valence-corrected chi connectivity index (χ2v) is 5.23. The lowest BCUT2D eigenvalue weighted by molar-refractivity contribution is -0.122. The number of halogens is 1. The highest BCUT2D eigenvalue weighted by Crippen LogP contribution is 2.38. The fourth-order valence-electron chi connectivity index (χ4n) is 1.36. The molecule has 1 aliphatic rings. The van der Waals surface area contributed by atoms with E-state index in [0.717, 1.165) is 0 Å². The molecule has 0 saturated heterocycles. The van der Waals surface area contributed by atoms with Crippen LogP contribution in [0.3, 0.4) is 0 Å². The number of amides is 1. The van der Waals surface area contributed by atoms with Gasteiger partial charge in [-0.05, 0) is 12.1 Å². The van der Waals surface area contributed by atoms with Gasteiger partial charge in [0, 0.05) is 5.75 Å². The number of rotatable bonds is 0. The zero-order valence-electron chi connectivity index (χ0n) is 8.63. The lowest BCUT2D eigenvalue weighted by atomic mass is 9.95. The fraction of sp³-hybridized carbons (Fsp3) is 0.364. The monoisotopic (exact) mass is 225 g/mol. The van der Waals surface area contributed by atoms with Gasteiger partial charge in [-0.2, -0.15) is 0 Å². The number of benzene rings is 1. The zero-order chi connectivity index (χ0) is 11.1. The molecule has 4 heteroatoms. The third-order valence-electron chi connectivity index (χ3n) is 2.41. The largest absolute Gasteiger partial charge is 0.324 e. The van der Waals surface area contributed by atoms with E-state index in [1.165, 1.54) is 17.8 Å². The van der Waals surface area contributed by atoms with Crippen LogP contribution in [0.5, 0.6) is 0 Å². The Bertz CT molecular complexity index is 417. The molecule has 2 rings (SSSR count). The maximum atomic E-state index is 13.5. The van der Waals surface area contributed by atoms with E-state index in [0.29, 0.717) is 16.3 Å². The Morgan fingerprint density at radius 2 is 2.20 bits per heavy atom. The molecule has 0 unspecified atom stereocenters. The van der Waals surface area contributed by atoms with E-state index in [2.05, 4.69) is 5.32 Å². The van der Waals surface area contributed by atoms with Crippen LogP contribution in [0.15, 0.2) is 23.1 Å². The summed E-state index contributed by atoms with van der Waals surface area (Å²) in [7, 11) is 0. The van der Waals surface area contributed by atoms with Crippen molar-refractivity contribution in [2.45, 2.75) is 18.7 Å². The summed E-state index contributed by atoms with van der Waals surface area (Å²) >= 11 is 1.39. The third-order valence-corrected chi connectivity index (χ3v) is 3.98. The minimum atomic E-state index is -0.462. The maximum Gasteiger partial charge on any atom is 0.230 e. The van der Waals surface area contributed by atoms with Gasteiger partial charge in [-0.1, -0.05) is 19.9 Å². The lowest BCUT2D eigenvalue weighted by Crippen LogP contribution is -2.31. The van der Waals surface area contributed by atoms with Crippen LogP contribution < -0.4 is 5.32 Å². The van der Waals surface area contributed by atoms with E-state index >= 15 is 0 Å². The molecule has 1 aromatic rings. The van der Waals surface area contributed by atoms with Gasteiger partial charge in [-0.25, -0.2) is 4.39 Å². The molecule has 1 amide bonds. The van der Waals surface area contributed by atoms with Crippen LogP contribution >= 0.6 is 11.8 Å². The number of nitrogens with one attached hydrogen (secondary N) is 1. The van der Waals surface area contributed by atoms with E-state index in [1.807, 2.05) is 13.8 Å². The number of thioether (sulfide) groups is 1. The van der Waals surface area contributed by atoms with Gasteiger partial charge in [0.25, 0.3) is 0 Å². The Hall–Kier alpha value is -1.03. The van der Waals surface area contributed by atoms with Gasteiger partial charge < -0.3 is 5.32 Å². The van der Waals surface area contributed by atoms with Crippen molar-refractivity contribution in [2.24, 2.45) is 5.41 Å². The summed E-state index contributed by atoms with van der Waals surface area (Å²) in [6, 6.07) is 4.74. The summed E-state index contributed by atoms with van der Waals surface area (Å²) in [5.41, 5.74) is 0.117. The Kier molecular flexibility index (Phi) is 2.46. The first kappa shape index (κ1) is 10.5. The van der Waals surface area contributed by atoms with Crippen molar-refractivity contribution in [1.29, 1.82) is 0 Å². The van der Waals surface area contributed by atoms with E-state index in [1.54, 1.807) is 12.1 Å². The summed E-state index contributed by atoms with van der Waals surface area (Å²) in [6.45, 7) is 3.72. The summed E-state index contributed by atoms with van der Waals surface area (Å²) in [4.78, 5) is 12.3. The van der Waals surface area contributed by atoms with Gasteiger partial charge in [0.2, 0.25) is 5.91 Å². The van der Waals surface area contributed by atoms with Gasteiger partial charge in [-0.15, -0.1) is 11.8 Å². The molecule has 0 bridgehead atoms. The molecular weight excluding hydrogens is 213 g/mol. The Morgan fingerprint density at radius 1 is 1.47 bits per heavy atom. The van der Waals surface area contributed by atoms with Crippen LogP contribution in [0.2, 0.25) is 0 Å². The number of anilines is 1. The highest BCUT2D eigenvalue weighted by molar-refractivity contribution is 7.99. The average molecular weight is 225 g/mol. The minimum Gasteiger partial charge on any atom is -0.324 e. The Labute approximate surface area is 92.3 Å². The minimum absolute atomic E-state index is 0.0562. The van der Waals surface area contributed by atoms with Gasteiger partial charge >= 0.3 is 0 Å². The predicted molar refractivity (Wildman–Crippen MR) is 59.5 cm³/mol. The normalized spacial score (nSPS) is 19.0. The van der Waals surface area contributed by atoms with Crippen LogP contribution in [-0.4, -0.2) is 11.7 Å². The van der Waals surface area contributed by atoms with Gasteiger partial charge in [0.1, 0.15) is 5.82 Å². The van der Waals surface area contributed by atoms with Crippen molar-refractivity contribution in [1.82, 2.24) is 0 Å². The molecule has 1 N–H and O–H groups in total. The molecule has 2 nitrogen and oxygen atoms in total. The Morgan fingerprint density at radius 3 is 2.93 bits per heavy atom. The SMILES string of the molecule is CC1(C)CSc2c(F)cccc2NC1=O. The molecule has 80 valence electrons. The first-order chi connectivity index (χ1) is 7.00. The molecule has 0 radical (unpaired) electrons. The second-order valence-electron chi connectivity index (χ2n) is 4.24. The van der Waals surface area contributed by atoms with Crippen LogP contribution in [0, 0.1) is 11.2 Å². The van der Waals surface area contributed by atoms with E-state index in [9.17, 15) is 9.18 Å². The van der Waals surface area contributed by atoms with E-state index in [-0.39, 0.29) is 11.7 Å². The smallest absolute Gasteiger partial charge is 0.230 e. The quantitative estimate of drug-likeness (QED) is 0.735. The summed E-state index contributed by atoms with van der Waals surface area (Å²) < 4.78 is 13.5. The van der Waals surface area contributed by atoms with Crippen LogP contribution in [0.4, 0.5) is 10.1 Å². The molecule has 0 fully saturated rings. The van der Waals surface area contributed by atoms with Gasteiger partial charge in [0.15, 0.2) is 0 Å². The third kappa shape index (κ3) is 1.86. The summed E-state index contributed by atoms with van der Waals surface area (Å²) in [5.74, 6) is 0.266. The summed E-state index contributed by atoms with van der Waals surface area (Å²) in [6.07, 6.45) is 0. The molecule has 0 saturated carbocycles. The number of carbonyl (C=O) groups excluding carboxylic acids is 1. The zero-order valence-corrected chi connectivity index (χ0v) is 9.45. The first-order valence-corrected chi connectivity index (χ1v) is 5.72. The number of hydrogen-bond acceptors (Lipinski definition) is 2. The maximum absolute atomic E-state index is 13.5. The molecule has 1 aliphatic heterocycles. The molecule has 0 aromatic heterocycles. The van der Waals surface area contributed by atoms with Crippen molar-refractivity contribution < 1.29 is 9.18 Å². The first-order valence-electron chi connectivity index (χ1n) is 4.73. The predicted octanol–water partition coefficient (Wildman–Crippen LogP) is 2.90. The number of fused-ring (bicyclic) bond motifs is 1. The molecule has 1 aromatic carbocycles. The average Bonchev–Trinajstić information content (AvgIpc) is 2.26. The van der Waals surface area contributed by atoms with Gasteiger partial charge in [-0.3, -0.25) is 4.79 Å². The number of hydrogen-bond donors (Lipinski definition) is 1. The van der Waals surface area contributed by atoms with Crippen LogP contribution in [0.25, 0.3) is 0 Å². The van der Waals surface area contributed by atoms with E-state index < -0.39 is 5.41 Å². The van der Waals surface area contributed by atoms with Crippen molar-refractivity contribution in [3.63, 3.8) is 0 Å². The van der Waals surface area contributed by atoms with Gasteiger partial charge in [0.05, 0.1) is 16.0 Å². The van der Waals surface area contributed by atoms with Crippen LogP contribution in [0.1, 0.15) is 13.8 Å². The van der Waals surface area contributed by atoms with Crippen molar-refractivity contribution in [2.75, 3.05) is 11.1 Å². The van der Waals surface area contributed by atoms with Crippen molar-refractivity contribution >= 4 is 23.4 Å². The van der Waals surface area contributed by atoms with Crippen molar-refractivity contribution in [3.8, 4) is 0 Å². The topological polar surface area (TPSA) is 29.1 Å². The van der Waals surface area contributed by atoms with Crippen molar-refractivity contribution in [3.05, 3.63) is 24.0 Å². The van der Waals surface area contributed by atoms with E-state index in [4.69, 9.17) is 0 Å². The second kappa shape index (κ2) is 3.52. The standard InChI is InChI=1S/C11H12FNOS/c1-11(2)6-15-9-7(12)4-3-5-8(9)13-10(11)14/h3-5H,6H2,1-2H3,(H,13,14). The highest BCUT2D eigenvalue weighted by atomic mass is 32.2. The molecule has 0 spiro atoms. The lowest BCUT2D eigenvalue weighted by Gasteiger charge is -2.18. The molecule has 0 atom stereocenters. The molecule has 15 heavy (non-hydrogen) atoms. The van der Waals surface area contributed by atoms with Crippen LogP contribution in [-0.2, 0) is 4.79 Å². The Balaban J connectivity index is 2.44. The number of carbonyl (C=O) groups is 1. The highest BCUT2D eigenvalue weighted by Gasteiger charge is 2.32. The fourth-order valence-corrected chi connectivity index (χ4v) is 2.48. The molecule has 1 heterocycles. The summed E-state index contributed by atoms with van der Waals surface area (Å²) in [5, 5.41) is 2.75. The molecular formula is C11H12FNOS.